The number of hydrogen-bond donors (Lipinski definition) is 5. The Morgan fingerprint density at radius 1 is 1.11 bits per heavy atom. The van der Waals surface area contributed by atoms with E-state index in [2.05, 4.69) is 32.2 Å². The number of aryl methyl sites for hydroxylation is 1. The van der Waals surface area contributed by atoms with Gasteiger partial charge in [-0.3, -0.25) is 4.79 Å². The van der Waals surface area contributed by atoms with Crippen LogP contribution in [0.2, 0.25) is 0 Å². The fraction of sp³-hybridized carbons (Fsp3) is 0.158. The molecular weight excluding hydrogens is 342 g/mol. The molecule has 1 saturated heterocycles. The van der Waals surface area contributed by atoms with E-state index in [0.29, 0.717) is 5.56 Å². The molecule has 1 aliphatic rings. The van der Waals surface area contributed by atoms with Crippen LogP contribution in [0.1, 0.15) is 39.5 Å². The molecule has 1 fully saturated rings. The molecule has 27 heavy (non-hydrogen) atoms. The molecule has 1 unspecified atom stereocenters. The molecule has 0 radical (unpaired) electrons. The Morgan fingerprint density at radius 2 is 1.89 bits per heavy atom. The number of hydrazine groups is 3. The van der Waals surface area contributed by atoms with Crippen molar-refractivity contribution in [3.05, 3.63) is 89.5 Å². The summed E-state index contributed by atoms with van der Waals surface area (Å²) in [7, 11) is 1.92. The van der Waals surface area contributed by atoms with Crippen molar-refractivity contribution < 1.29 is 4.79 Å². The lowest BCUT2D eigenvalue weighted by atomic mass is 10.0. The highest BCUT2D eigenvalue weighted by molar-refractivity contribution is 5.94. The minimum atomic E-state index is -0.339. The van der Waals surface area contributed by atoms with Crippen molar-refractivity contribution >= 4 is 5.91 Å². The third-order valence-electron chi connectivity index (χ3n) is 4.50. The van der Waals surface area contributed by atoms with Crippen LogP contribution in [-0.2, 0) is 7.05 Å². The number of aromatic nitrogens is 2. The first-order chi connectivity index (χ1) is 13.2. The van der Waals surface area contributed by atoms with Gasteiger partial charge in [-0.2, -0.15) is 11.1 Å². The first-order valence-electron chi connectivity index (χ1n) is 8.66. The Labute approximate surface area is 156 Å². The highest BCUT2D eigenvalue weighted by atomic mass is 16.1. The van der Waals surface area contributed by atoms with Gasteiger partial charge >= 0.3 is 0 Å². The highest BCUT2D eigenvalue weighted by Crippen LogP contribution is 2.21. The van der Waals surface area contributed by atoms with Gasteiger partial charge in [0.25, 0.3) is 5.91 Å². The molecule has 8 nitrogen and oxygen atoms in total. The standard InChI is InChI=1S/C19H21N7O/c1-26-11-10-20-18(26)16(13-6-3-2-4-7-13)21-19(27)15-9-5-8-14(12-15)17-22-24-25-23-17/h2-12,16-17,22-25H,1H3,(H,21,27). The average molecular weight is 363 g/mol. The number of nitrogens with one attached hydrogen (secondary N) is 5. The van der Waals surface area contributed by atoms with E-state index in [1.54, 1.807) is 12.3 Å². The molecule has 1 amide bonds. The average Bonchev–Trinajstić information content (AvgIpc) is 3.39. The Bertz CT molecular complexity index is 919. The second kappa shape index (κ2) is 7.68. The van der Waals surface area contributed by atoms with Crippen LogP contribution < -0.4 is 27.2 Å². The van der Waals surface area contributed by atoms with E-state index in [1.165, 1.54) is 0 Å². The van der Waals surface area contributed by atoms with Gasteiger partial charge in [0, 0.05) is 25.0 Å². The molecule has 0 spiro atoms. The third kappa shape index (κ3) is 3.74. The van der Waals surface area contributed by atoms with Gasteiger partial charge in [0.1, 0.15) is 18.0 Å². The zero-order chi connectivity index (χ0) is 18.6. The Balaban J connectivity index is 1.61. The molecule has 4 rings (SSSR count). The summed E-state index contributed by atoms with van der Waals surface area (Å²) in [5.41, 5.74) is 14.1. The lowest BCUT2D eigenvalue weighted by Gasteiger charge is -2.19. The summed E-state index contributed by atoms with van der Waals surface area (Å²) in [5, 5.41) is 3.12. The number of rotatable bonds is 5. The van der Waals surface area contributed by atoms with Gasteiger partial charge in [-0.25, -0.2) is 15.8 Å². The minimum Gasteiger partial charge on any atom is -0.338 e. The first kappa shape index (κ1) is 17.4. The van der Waals surface area contributed by atoms with E-state index in [0.717, 1.165) is 17.0 Å². The molecule has 8 heteroatoms. The lowest BCUT2D eigenvalue weighted by molar-refractivity contribution is 0.0941. The summed E-state index contributed by atoms with van der Waals surface area (Å²) in [6.45, 7) is 0. The molecule has 2 heterocycles. The predicted octanol–water partition coefficient (Wildman–Crippen LogP) is 1.06. The van der Waals surface area contributed by atoms with Crippen LogP contribution in [0.3, 0.4) is 0 Å². The summed E-state index contributed by atoms with van der Waals surface area (Å²) in [6.07, 6.45) is 3.47. The maximum atomic E-state index is 13.0. The van der Waals surface area contributed by atoms with Gasteiger partial charge in [-0.15, -0.1) is 0 Å². The fourth-order valence-electron chi connectivity index (χ4n) is 3.09. The molecule has 0 aliphatic carbocycles. The van der Waals surface area contributed by atoms with Crippen LogP contribution in [0.25, 0.3) is 0 Å². The highest BCUT2D eigenvalue weighted by Gasteiger charge is 2.22. The van der Waals surface area contributed by atoms with Crippen molar-refractivity contribution in [3.8, 4) is 0 Å². The summed E-state index contributed by atoms with van der Waals surface area (Å²) in [6, 6.07) is 17.0. The topological polar surface area (TPSA) is 95.0 Å². The Morgan fingerprint density at radius 3 is 2.59 bits per heavy atom. The number of hydrogen-bond acceptors (Lipinski definition) is 6. The van der Waals surface area contributed by atoms with Crippen LogP contribution >= 0.6 is 0 Å². The van der Waals surface area contributed by atoms with Crippen LogP contribution in [0.5, 0.6) is 0 Å². The van der Waals surface area contributed by atoms with Crippen LogP contribution in [0.4, 0.5) is 0 Å². The number of benzene rings is 2. The number of imidazole rings is 1. The van der Waals surface area contributed by atoms with Crippen molar-refractivity contribution in [2.45, 2.75) is 12.2 Å². The molecule has 1 aliphatic heterocycles. The van der Waals surface area contributed by atoms with Crippen molar-refractivity contribution in [3.63, 3.8) is 0 Å². The molecule has 5 N–H and O–H groups in total. The zero-order valence-corrected chi connectivity index (χ0v) is 14.8. The zero-order valence-electron chi connectivity index (χ0n) is 14.8. The Kier molecular flexibility index (Phi) is 4.95. The van der Waals surface area contributed by atoms with Crippen LogP contribution in [0.15, 0.2) is 67.0 Å². The lowest BCUT2D eigenvalue weighted by Crippen LogP contribution is -2.33. The van der Waals surface area contributed by atoms with Crippen molar-refractivity contribution in [1.29, 1.82) is 0 Å². The molecule has 1 atom stereocenters. The van der Waals surface area contributed by atoms with Crippen LogP contribution in [-0.4, -0.2) is 15.5 Å². The van der Waals surface area contributed by atoms with Gasteiger partial charge in [-0.1, -0.05) is 42.5 Å². The first-order valence-corrected chi connectivity index (χ1v) is 8.66. The van der Waals surface area contributed by atoms with Crippen molar-refractivity contribution in [1.82, 2.24) is 36.8 Å². The molecule has 2 aromatic carbocycles. The van der Waals surface area contributed by atoms with E-state index in [-0.39, 0.29) is 18.1 Å². The van der Waals surface area contributed by atoms with E-state index >= 15 is 0 Å². The van der Waals surface area contributed by atoms with Gasteiger partial charge < -0.3 is 9.88 Å². The second-order valence-electron chi connectivity index (χ2n) is 6.31. The molecular formula is C19H21N7O. The van der Waals surface area contributed by atoms with Crippen molar-refractivity contribution in [2.75, 3.05) is 0 Å². The molecule has 0 saturated carbocycles. The summed E-state index contributed by atoms with van der Waals surface area (Å²) < 4.78 is 1.91. The van der Waals surface area contributed by atoms with E-state index < -0.39 is 0 Å². The smallest absolute Gasteiger partial charge is 0.252 e. The minimum absolute atomic E-state index is 0.128. The maximum Gasteiger partial charge on any atom is 0.252 e. The van der Waals surface area contributed by atoms with Gasteiger partial charge in [0.2, 0.25) is 0 Å². The molecule has 0 bridgehead atoms. The van der Waals surface area contributed by atoms with Gasteiger partial charge in [0.05, 0.1) is 0 Å². The number of carbonyl (C=O) groups is 1. The fourth-order valence-corrected chi connectivity index (χ4v) is 3.09. The van der Waals surface area contributed by atoms with E-state index in [1.807, 2.05) is 66.3 Å². The summed E-state index contributed by atoms with van der Waals surface area (Å²) in [4.78, 5) is 17.4. The molecule has 3 aromatic rings. The quantitative estimate of drug-likeness (QED) is 0.465. The van der Waals surface area contributed by atoms with Gasteiger partial charge in [0.15, 0.2) is 0 Å². The molecule has 1 aromatic heterocycles. The van der Waals surface area contributed by atoms with E-state index in [4.69, 9.17) is 0 Å². The summed E-state index contributed by atoms with van der Waals surface area (Å²) >= 11 is 0. The van der Waals surface area contributed by atoms with Gasteiger partial charge in [-0.05, 0) is 23.3 Å². The largest absolute Gasteiger partial charge is 0.338 e. The normalized spacial score (nSPS) is 15.6. The van der Waals surface area contributed by atoms with E-state index in [9.17, 15) is 4.79 Å². The summed E-state index contributed by atoms with van der Waals surface area (Å²) in [5.74, 6) is 0.617. The number of nitrogens with zero attached hydrogens (tertiary/aromatic N) is 2. The monoisotopic (exact) mass is 363 g/mol. The molecule has 138 valence electrons. The number of amides is 1. The predicted molar refractivity (Wildman–Crippen MR) is 101 cm³/mol. The van der Waals surface area contributed by atoms with Crippen LogP contribution in [0, 0.1) is 0 Å². The SMILES string of the molecule is Cn1ccnc1C(NC(=O)c1cccc(C2NNNN2)c1)c1ccccc1. The maximum absolute atomic E-state index is 13.0. The second-order valence-corrected chi connectivity index (χ2v) is 6.31. The Hall–Kier alpha value is -3.04. The number of carbonyl (C=O) groups excluding carboxylic acids is 1. The third-order valence-corrected chi connectivity index (χ3v) is 4.50. The van der Waals surface area contributed by atoms with Crippen molar-refractivity contribution in [2.24, 2.45) is 7.05 Å².